The average molecular weight is 238 g/mol. The lowest BCUT2D eigenvalue weighted by Crippen LogP contribution is -1.98. The SMILES string of the molecule is COc1ccc(/C(=C/SC)OC(C)=O)cc1. The molecule has 0 N–H and O–H groups in total. The van der Waals surface area contributed by atoms with E-state index in [9.17, 15) is 4.79 Å². The van der Waals surface area contributed by atoms with Gasteiger partial charge in [-0.05, 0) is 30.5 Å². The lowest BCUT2D eigenvalue weighted by molar-refractivity contribution is -0.134. The standard InChI is InChI=1S/C12H14O3S/c1-9(13)15-12(8-16-3)10-4-6-11(14-2)7-5-10/h4-8H,1-3H3/b12-8-. The van der Waals surface area contributed by atoms with Crippen molar-refractivity contribution in [2.45, 2.75) is 6.92 Å². The molecule has 0 atom stereocenters. The molecule has 4 heteroatoms. The van der Waals surface area contributed by atoms with E-state index in [1.165, 1.54) is 18.7 Å². The normalized spacial score (nSPS) is 11.1. The first-order valence-electron chi connectivity index (χ1n) is 4.73. The molecule has 0 aliphatic heterocycles. The van der Waals surface area contributed by atoms with Crippen LogP contribution < -0.4 is 4.74 Å². The van der Waals surface area contributed by atoms with Crippen molar-refractivity contribution < 1.29 is 14.3 Å². The zero-order chi connectivity index (χ0) is 12.0. The van der Waals surface area contributed by atoms with Crippen LogP contribution >= 0.6 is 11.8 Å². The molecule has 86 valence electrons. The highest BCUT2D eigenvalue weighted by atomic mass is 32.2. The van der Waals surface area contributed by atoms with Gasteiger partial charge in [-0.15, -0.1) is 11.8 Å². The van der Waals surface area contributed by atoms with Crippen molar-refractivity contribution in [2.24, 2.45) is 0 Å². The fraction of sp³-hybridized carbons (Fsp3) is 0.250. The molecule has 0 bridgehead atoms. The highest BCUT2D eigenvalue weighted by molar-refractivity contribution is 8.01. The zero-order valence-electron chi connectivity index (χ0n) is 9.52. The summed E-state index contributed by atoms with van der Waals surface area (Å²) in [7, 11) is 1.61. The first-order chi connectivity index (χ1) is 7.67. The summed E-state index contributed by atoms with van der Waals surface area (Å²) >= 11 is 1.49. The minimum Gasteiger partial charge on any atom is -0.497 e. The van der Waals surface area contributed by atoms with E-state index in [0.717, 1.165) is 11.3 Å². The number of esters is 1. The lowest BCUT2D eigenvalue weighted by atomic mass is 10.2. The molecule has 3 nitrogen and oxygen atoms in total. The topological polar surface area (TPSA) is 35.5 Å². The molecule has 0 amide bonds. The van der Waals surface area contributed by atoms with Gasteiger partial charge in [0.05, 0.1) is 7.11 Å². The van der Waals surface area contributed by atoms with Crippen LogP contribution in [0.2, 0.25) is 0 Å². The third-order valence-corrected chi connectivity index (χ3v) is 2.30. The average Bonchev–Trinajstić information content (AvgIpc) is 2.28. The monoisotopic (exact) mass is 238 g/mol. The van der Waals surface area contributed by atoms with E-state index in [-0.39, 0.29) is 5.97 Å². The predicted octanol–water partition coefficient (Wildman–Crippen LogP) is 2.92. The second-order valence-corrected chi connectivity index (χ2v) is 3.75. The molecule has 1 aromatic rings. The van der Waals surface area contributed by atoms with Crippen LogP contribution in [-0.4, -0.2) is 19.3 Å². The first kappa shape index (κ1) is 12.6. The fourth-order valence-electron chi connectivity index (χ4n) is 1.17. The largest absolute Gasteiger partial charge is 0.497 e. The van der Waals surface area contributed by atoms with Crippen LogP contribution in [0.5, 0.6) is 5.75 Å². The van der Waals surface area contributed by atoms with Gasteiger partial charge in [-0.3, -0.25) is 4.79 Å². The van der Waals surface area contributed by atoms with Gasteiger partial charge in [0.1, 0.15) is 11.5 Å². The number of hydrogen-bond donors (Lipinski definition) is 0. The van der Waals surface area contributed by atoms with Crippen LogP contribution in [0.25, 0.3) is 5.76 Å². The molecule has 0 unspecified atom stereocenters. The Morgan fingerprint density at radius 3 is 2.38 bits per heavy atom. The number of rotatable bonds is 4. The number of methoxy groups -OCH3 is 1. The Morgan fingerprint density at radius 2 is 1.94 bits per heavy atom. The zero-order valence-corrected chi connectivity index (χ0v) is 10.3. The maximum atomic E-state index is 10.9. The van der Waals surface area contributed by atoms with E-state index < -0.39 is 0 Å². The molecule has 0 fully saturated rings. The van der Waals surface area contributed by atoms with Crippen molar-refractivity contribution in [3.05, 3.63) is 35.2 Å². The van der Waals surface area contributed by atoms with E-state index in [4.69, 9.17) is 9.47 Å². The van der Waals surface area contributed by atoms with Crippen molar-refractivity contribution in [1.29, 1.82) is 0 Å². The molecule has 1 rings (SSSR count). The molecule has 1 aromatic carbocycles. The van der Waals surface area contributed by atoms with Crippen molar-refractivity contribution in [2.75, 3.05) is 13.4 Å². The quantitative estimate of drug-likeness (QED) is 0.597. The summed E-state index contributed by atoms with van der Waals surface area (Å²) in [6.07, 6.45) is 1.91. The van der Waals surface area contributed by atoms with E-state index in [1.807, 2.05) is 30.5 Å². The molecule has 0 aliphatic rings. The molecular formula is C12H14O3S. The third-order valence-electron chi connectivity index (χ3n) is 1.85. The Kier molecular flexibility index (Phi) is 4.92. The van der Waals surface area contributed by atoms with Gasteiger partial charge in [0.2, 0.25) is 0 Å². The third kappa shape index (κ3) is 3.62. The predicted molar refractivity (Wildman–Crippen MR) is 66.3 cm³/mol. The fourth-order valence-corrected chi connectivity index (χ4v) is 1.57. The summed E-state index contributed by atoms with van der Waals surface area (Å²) in [5.74, 6) is 1.01. The summed E-state index contributed by atoms with van der Waals surface area (Å²) in [4.78, 5) is 10.9. The molecule has 0 saturated heterocycles. The summed E-state index contributed by atoms with van der Waals surface area (Å²) in [6.45, 7) is 1.39. The highest BCUT2D eigenvalue weighted by Crippen LogP contribution is 2.21. The molecule has 0 heterocycles. The summed E-state index contributed by atoms with van der Waals surface area (Å²) in [5.41, 5.74) is 0.852. The maximum absolute atomic E-state index is 10.9. The van der Waals surface area contributed by atoms with Crippen molar-refractivity contribution in [3.63, 3.8) is 0 Å². The maximum Gasteiger partial charge on any atom is 0.308 e. The molecular weight excluding hydrogens is 224 g/mol. The number of ether oxygens (including phenoxy) is 2. The minimum atomic E-state index is -0.323. The summed E-state index contributed by atoms with van der Waals surface area (Å²) < 4.78 is 10.2. The number of carbonyl (C=O) groups excluding carboxylic acids is 1. The van der Waals surface area contributed by atoms with Gasteiger partial charge in [-0.1, -0.05) is 0 Å². The van der Waals surface area contributed by atoms with Crippen LogP contribution in [0.4, 0.5) is 0 Å². The van der Waals surface area contributed by atoms with Crippen LogP contribution in [0, 0.1) is 0 Å². The van der Waals surface area contributed by atoms with E-state index in [1.54, 1.807) is 12.5 Å². The van der Waals surface area contributed by atoms with Crippen LogP contribution in [-0.2, 0) is 9.53 Å². The molecule has 16 heavy (non-hydrogen) atoms. The van der Waals surface area contributed by atoms with Crippen LogP contribution in [0.3, 0.4) is 0 Å². The Hall–Kier alpha value is -1.42. The van der Waals surface area contributed by atoms with E-state index in [0.29, 0.717) is 5.76 Å². The molecule has 0 aliphatic carbocycles. The highest BCUT2D eigenvalue weighted by Gasteiger charge is 2.05. The Morgan fingerprint density at radius 1 is 1.31 bits per heavy atom. The molecule has 0 spiro atoms. The Labute approximate surface area is 99.4 Å². The van der Waals surface area contributed by atoms with Gasteiger partial charge < -0.3 is 9.47 Å². The lowest BCUT2D eigenvalue weighted by Gasteiger charge is -2.07. The first-order valence-corrected chi connectivity index (χ1v) is 6.02. The molecule has 0 radical (unpaired) electrons. The van der Waals surface area contributed by atoms with Crippen LogP contribution in [0.15, 0.2) is 29.7 Å². The number of benzene rings is 1. The van der Waals surface area contributed by atoms with Crippen LogP contribution in [0.1, 0.15) is 12.5 Å². The molecule has 0 saturated carbocycles. The minimum absolute atomic E-state index is 0.323. The van der Waals surface area contributed by atoms with Crippen molar-refractivity contribution in [1.82, 2.24) is 0 Å². The summed E-state index contributed by atoms with van der Waals surface area (Å²) in [6, 6.07) is 7.35. The van der Waals surface area contributed by atoms with Gasteiger partial charge >= 0.3 is 5.97 Å². The Bertz CT molecular complexity index is 382. The Balaban J connectivity index is 2.93. The van der Waals surface area contributed by atoms with Gasteiger partial charge in [-0.2, -0.15) is 0 Å². The van der Waals surface area contributed by atoms with Crippen molar-refractivity contribution in [3.8, 4) is 5.75 Å². The number of thioether (sulfide) groups is 1. The number of hydrogen-bond acceptors (Lipinski definition) is 4. The van der Waals surface area contributed by atoms with Gasteiger partial charge in [-0.25, -0.2) is 0 Å². The molecule has 0 aromatic heterocycles. The second kappa shape index (κ2) is 6.23. The van der Waals surface area contributed by atoms with Gasteiger partial charge in [0, 0.05) is 17.9 Å². The van der Waals surface area contributed by atoms with Gasteiger partial charge in [0.25, 0.3) is 0 Å². The van der Waals surface area contributed by atoms with Gasteiger partial charge in [0.15, 0.2) is 0 Å². The van der Waals surface area contributed by atoms with E-state index >= 15 is 0 Å². The van der Waals surface area contributed by atoms with E-state index in [2.05, 4.69) is 0 Å². The smallest absolute Gasteiger partial charge is 0.308 e. The number of carbonyl (C=O) groups is 1. The summed E-state index contributed by atoms with van der Waals surface area (Å²) in [5, 5.41) is 1.79. The second-order valence-electron chi connectivity index (χ2n) is 3.04. The van der Waals surface area contributed by atoms with Crippen molar-refractivity contribution >= 4 is 23.5 Å².